The fraction of sp³-hybridized carbons (Fsp3) is 0.357. The number of morpholine rings is 1. The van der Waals surface area contributed by atoms with Gasteiger partial charge in [-0.15, -0.1) is 0 Å². The Hall–Kier alpha value is -1.65. The first-order chi connectivity index (χ1) is 8.92. The van der Waals surface area contributed by atoms with E-state index >= 15 is 0 Å². The summed E-state index contributed by atoms with van der Waals surface area (Å²) in [6.07, 6.45) is 2.78. The van der Waals surface area contributed by atoms with Crippen molar-refractivity contribution >= 4 is 0 Å². The van der Waals surface area contributed by atoms with Gasteiger partial charge in [-0.2, -0.15) is 0 Å². The van der Waals surface area contributed by atoms with Gasteiger partial charge in [0.15, 0.2) is 0 Å². The maximum absolute atomic E-state index is 5.44. The van der Waals surface area contributed by atoms with E-state index in [1.54, 1.807) is 0 Å². The molecule has 4 nitrogen and oxygen atoms in total. The van der Waals surface area contributed by atoms with Crippen molar-refractivity contribution in [3.63, 3.8) is 0 Å². The zero-order valence-corrected chi connectivity index (χ0v) is 10.2. The molecule has 1 aliphatic rings. The second-order valence-corrected chi connectivity index (χ2v) is 4.54. The molecule has 1 saturated heterocycles. The van der Waals surface area contributed by atoms with Crippen molar-refractivity contribution in [1.82, 2.24) is 15.3 Å². The van der Waals surface area contributed by atoms with Gasteiger partial charge in [0, 0.05) is 19.0 Å². The maximum Gasteiger partial charge on any atom is 0.108 e. The molecule has 0 aliphatic carbocycles. The minimum atomic E-state index is 0.369. The Morgan fingerprint density at radius 2 is 2.17 bits per heavy atom. The minimum absolute atomic E-state index is 0.369. The lowest BCUT2D eigenvalue weighted by Gasteiger charge is -2.22. The molecule has 94 valence electrons. The molecule has 0 spiro atoms. The number of rotatable bonds is 3. The van der Waals surface area contributed by atoms with E-state index in [1.807, 2.05) is 24.4 Å². The largest absolute Gasteiger partial charge is 0.379 e. The van der Waals surface area contributed by atoms with Gasteiger partial charge >= 0.3 is 0 Å². The first-order valence-electron chi connectivity index (χ1n) is 6.32. The molecule has 1 fully saturated rings. The predicted molar refractivity (Wildman–Crippen MR) is 70.3 cm³/mol. The smallest absolute Gasteiger partial charge is 0.108 e. The molecular weight excluding hydrogens is 226 g/mol. The van der Waals surface area contributed by atoms with Crippen molar-refractivity contribution in [2.45, 2.75) is 12.5 Å². The fourth-order valence-corrected chi connectivity index (χ4v) is 2.21. The number of H-pyrrole nitrogens is 1. The summed E-state index contributed by atoms with van der Waals surface area (Å²) in [5.41, 5.74) is 2.24. The third-order valence-corrected chi connectivity index (χ3v) is 3.15. The molecule has 4 heteroatoms. The average molecular weight is 243 g/mol. The van der Waals surface area contributed by atoms with Gasteiger partial charge in [-0.25, -0.2) is 4.98 Å². The molecule has 0 saturated carbocycles. The SMILES string of the molecule is c1ccc(-c2cnc(CC3COCCN3)[nH]2)cc1. The van der Waals surface area contributed by atoms with Gasteiger partial charge in [0.1, 0.15) is 5.82 Å². The molecule has 1 aliphatic heterocycles. The van der Waals surface area contributed by atoms with Crippen LogP contribution >= 0.6 is 0 Å². The summed E-state index contributed by atoms with van der Waals surface area (Å²) in [6, 6.07) is 10.6. The van der Waals surface area contributed by atoms with E-state index in [2.05, 4.69) is 27.4 Å². The van der Waals surface area contributed by atoms with E-state index in [9.17, 15) is 0 Å². The number of nitrogens with zero attached hydrogens (tertiary/aromatic N) is 1. The van der Waals surface area contributed by atoms with E-state index in [-0.39, 0.29) is 0 Å². The summed E-state index contributed by atoms with van der Waals surface area (Å²) in [6.45, 7) is 2.50. The number of imidazole rings is 1. The highest BCUT2D eigenvalue weighted by Gasteiger charge is 2.15. The van der Waals surface area contributed by atoms with Crippen LogP contribution in [0.1, 0.15) is 5.82 Å². The highest BCUT2D eigenvalue weighted by molar-refractivity contribution is 5.57. The summed E-state index contributed by atoms with van der Waals surface area (Å²) in [7, 11) is 0. The Morgan fingerprint density at radius 1 is 1.28 bits per heavy atom. The number of aromatic amines is 1. The number of nitrogens with one attached hydrogen (secondary N) is 2. The van der Waals surface area contributed by atoms with Crippen molar-refractivity contribution < 1.29 is 4.74 Å². The molecule has 0 bridgehead atoms. The van der Waals surface area contributed by atoms with E-state index < -0.39 is 0 Å². The lowest BCUT2D eigenvalue weighted by molar-refractivity contribution is 0.0764. The summed E-state index contributed by atoms with van der Waals surface area (Å²) >= 11 is 0. The lowest BCUT2D eigenvalue weighted by atomic mass is 10.2. The number of ether oxygens (including phenoxy) is 1. The third kappa shape index (κ3) is 2.60. The van der Waals surface area contributed by atoms with Gasteiger partial charge in [-0.3, -0.25) is 0 Å². The van der Waals surface area contributed by atoms with Crippen LogP contribution in [0.15, 0.2) is 36.5 Å². The highest BCUT2D eigenvalue weighted by Crippen LogP contribution is 2.16. The van der Waals surface area contributed by atoms with E-state index in [0.29, 0.717) is 6.04 Å². The molecule has 0 amide bonds. The van der Waals surface area contributed by atoms with Crippen LogP contribution in [0.25, 0.3) is 11.3 Å². The predicted octanol–water partition coefficient (Wildman–Crippen LogP) is 1.61. The monoisotopic (exact) mass is 243 g/mol. The van der Waals surface area contributed by atoms with E-state index in [1.165, 1.54) is 5.56 Å². The van der Waals surface area contributed by atoms with Crippen LogP contribution in [0.5, 0.6) is 0 Å². The highest BCUT2D eigenvalue weighted by atomic mass is 16.5. The van der Waals surface area contributed by atoms with Gasteiger partial charge in [0.25, 0.3) is 0 Å². The number of hydrogen-bond donors (Lipinski definition) is 2. The van der Waals surface area contributed by atoms with Crippen molar-refractivity contribution in [3.05, 3.63) is 42.4 Å². The van der Waals surface area contributed by atoms with Crippen molar-refractivity contribution in [3.8, 4) is 11.3 Å². The first-order valence-corrected chi connectivity index (χ1v) is 6.32. The Balaban J connectivity index is 1.69. The minimum Gasteiger partial charge on any atom is -0.379 e. The Morgan fingerprint density at radius 3 is 2.94 bits per heavy atom. The van der Waals surface area contributed by atoms with Crippen LogP contribution in [0, 0.1) is 0 Å². The zero-order chi connectivity index (χ0) is 12.2. The van der Waals surface area contributed by atoms with E-state index in [4.69, 9.17) is 4.74 Å². The summed E-state index contributed by atoms with van der Waals surface area (Å²) in [5.74, 6) is 1.01. The molecule has 1 aromatic heterocycles. The number of benzene rings is 1. The van der Waals surface area contributed by atoms with Crippen molar-refractivity contribution in [2.24, 2.45) is 0 Å². The third-order valence-electron chi connectivity index (χ3n) is 3.15. The van der Waals surface area contributed by atoms with Crippen LogP contribution in [0.4, 0.5) is 0 Å². The quantitative estimate of drug-likeness (QED) is 0.861. The van der Waals surface area contributed by atoms with Crippen molar-refractivity contribution in [2.75, 3.05) is 19.8 Å². The zero-order valence-electron chi connectivity index (χ0n) is 10.2. The van der Waals surface area contributed by atoms with Crippen molar-refractivity contribution in [1.29, 1.82) is 0 Å². The van der Waals surface area contributed by atoms with Gasteiger partial charge in [0.2, 0.25) is 0 Å². The van der Waals surface area contributed by atoms with Gasteiger partial charge in [-0.1, -0.05) is 30.3 Å². The number of hydrogen-bond acceptors (Lipinski definition) is 3. The normalized spacial score (nSPS) is 19.9. The molecule has 3 rings (SSSR count). The van der Waals surface area contributed by atoms with E-state index in [0.717, 1.165) is 37.7 Å². The summed E-state index contributed by atoms with van der Waals surface area (Å²) in [5, 5.41) is 3.43. The molecule has 0 radical (unpaired) electrons. The van der Waals surface area contributed by atoms with Crippen LogP contribution in [0.3, 0.4) is 0 Å². The maximum atomic E-state index is 5.44. The first kappa shape index (κ1) is 11.4. The summed E-state index contributed by atoms with van der Waals surface area (Å²) in [4.78, 5) is 7.81. The lowest BCUT2D eigenvalue weighted by Crippen LogP contribution is -2.42. The molecule has 2 aromatic rings. The molecule has 1 atom stereocenters. The molecule has 1 unspecified atom stereocenters. The van der Waals surface area contributed by atoms with Crippen LogP contribution in [-0.4, -0.2) is 35.8 Å². The second-order valence-electron chi connectivity index (χ2n) is 4.54. The second kappa shape index (κ2) is 5.33. The molecule has 18 heavy (non-hydrogen) atoms. The topological polar surface area (TPSA) is 49.9 Å². The Bertz CT molecular complexity index is 489. The molecule has 2 N–H and O–H groups in total. The Kier molecular flexibility index (Phi) is 3.39. The van der Waals surface area contributed by atoms with Crippen LogP contribution < -0.4 is 5.32 Å². The fourth-order valence-electron chi connectivity index (χ4n) is 2.21. The molecule has 2 heterocycles. The number of aromatic nitrogens is 2. The standard InChI is InChI=1S/C14H17N3O/c1-2-4-11(5-3-1)13-9-16-14(17-13)8-12-10-18-7-6-15-12/h1-5,9,12,15H,6-8,10H2,(H,16,17). The van der Waals surface area contributed by atoms with Gasteiger partial charge in [-0.05, 0) is 5.56 Å². The van der Waals surface area contributed by atoms with Crippen LogP contribution in [-0.2, 0) is 11.2 Å². The molecular formula is C14H17N3O. The molecule has 1 aromatic carbocycles. The van der Waals surface area contributed by atoms with Gasteiger partial charge in [0.05, 0.1) is 25.1 Å². The summed E-state index contributed by atoms with van der Waals surface area (Å²) < 4.78 is 5.44. The Labute approximate surface area is 106 Å². The average Bonchev–Trinajstić information content (AvgIpc) is 2.89. The van der Waals surface area contributed by atoms with Crippen LogP contribution in [0.2, 0.25) is 0 Å². The van der Waals surface area contributed by atoms with Gasteiger partial charge < -0.3 is 15.0 Å².